The van der Waals surface area contributed by atoms with Crippen molar-refractivity contribution < 1.29 is 13.6 Å². The second-order valence-electron chi connectivity index (χ2n) is 5.11. The molecule has 114 valence electrons. The Hall–Kier alpha value is -2.56. The summed E-state index contributed by atoms with van der Waals surface area (Å²) in [6, 6.07) is 10.3. The standard InChI is InChI=1S/C17H17FN2O2/c18-15-5-1-2-6-16(15)19-9-11-20(12-10-19)17(21)8-7-14-4-3-13-22-14/h1-8,13H,9-12H2/b8-7+. The number of carbonyl (C=O) groups is 1. The molecular weight excluding hydrogens is 283 g/mol. The fourth-order valence-electron chi connectivity index (χ4n) is 2.52. The largest absolute Gasteiger partial charge is 0.465 e. The predicted molar refractivity (Wildman–Crippen MR) is 82.9 cm³/mol. The molecule has 0 saturated carbocycles. The molecule has 1 aromatic carbocycles. The summed E-state index contributed by atoms with van der Waals surface area (Å²) in [4.78, 5) is 15.8. The van der Waals surface area contributed by atoms with Crippen LogP contribution in [0.1, 0.15) is 5.76 Å². The molecule has 0 radical (unpaired) electrons. The summed E-state index contributed by atoms with van der Waals surface area (Å²) in [6.45, 7) is 2.41. The maximum atomic E-state index is 13.8. The number of para-hydroxylation sites is 1. The van der Waals surface area contributed by atoms with Gasteiger partial charge in [-0.15, -0.1) is 0 Å². The summed E-state index contributed by atoms with van der Waals surface area (Å²) in [5.41, 5.74) is 0.598. The maximum Gasteiger partial charge on any atom is 0.246 e. The van der Waals surface area contributed by atoms with E-state index in [1.54, 1.807) is 41.5 Å². The number of nitrogens with zero attached hydrogens (tertiary/aromatic N) is 2. The van der Waals surface area contributed by atoms with E-state index in [1.807, 2.05) is 11.0 Å². The number of carbonyl (C=O) groups excluding carboxylic acids is 1. The molecule has 0 unspecified atom stereocenters. The van der Waals surface area contributed by atoms with Gasteiger partial charge in [-0.1, -0.05) is 12.1 Å². The molecule has 1 fully saturated rings. The maximum absolute atomic E-state index is 13.8. The third-order valence-electron chi connectivity index (χ3n) is 3.72. The number of halogens is 1. The quantitative estimate of drug-likeness (QED) is 0.818. The van der Waals surface area contributed by atoms with Crippen LogP contribution in [-0.2, 0) is 4.79 Å². The van der Waals surface area contributed by atoms with Crippen LogP contribution in [-0.4, -0.2) is 37.0 Å². The highest BCUT2D eigenvalue weighted by atomic mass is 19.1. The molecule has 0 spiro atoms. The van der Waals surface area contributed by atoms with Crippen LogP contribution >= 0.6 is 0 Å². The van der Waals surface area contributed by atoms with Crippen LogP contribution in [0.2, 0.25) is 0 Å². The molecular formula is C17H17FN2O2. The first-order valence-corrected chi connectivity index (χ1v) is 7.24. The van der Waals surface area contributed by atoms with Crippen molar-refractivity contribution in [2.24, 2.45) is 0 Å². The van der Waals surface area contributed by atoms with Gasteiger partial charge >= 0.3 is 0 Å². The lowest BCUT2D eigenvalue weighted by atomic mass is 10.2. The van der Waals surface area contributed by atoms with Crippen molar-refractivity contribution in [3.05, 3.63) is 60.3 Å². The fraction of sp³-hybridized carbons (Fsp3) is 0.235. The number of anilines is 1. The normalized spacial score (nSPS) is 15.5. The highest BCUT2D eigenvalue weighted by Crippen LogP contribution is 2.20. The molecule has 5 heteroatoms. The molecule has 2 aromatic rings. The van der Waals surface area contributed by atoms with Crippen molar-refractivity contribution in [3.8, 4) is 0 Å². The number of benzene rings is 1. The van der Waals surface area contributed by atoms with E-state index in [2.05, 4.69) is 0 Å². The second-order valence-corrected chi connectivity index (χ2v) is 5.11. The number of hydrogen-bond acceptors (Lipinski definition) is 3. The summed E-state index contributed by atoms with van der Waals surface area (Å²) >= 11 is 0. The highest BCUT2D eigenvalue weighted by Gasteiger charge is 2.21. The summed E-state index contributed by atoms with van der Waals surface area (Å²) in [7, 11) is 0. The van der Waals surface area contributed by atoms with E-state index in [0.717, 1.165) is 0 Å². The molecule has 1 saturated heterocycles. The van der Waals surface area contributed by atoms with Crippen molar-refractivity contribution in [2.45, 2.75) is 0 Å². The third-order valence-corrected chi connectivity index (χ3v) is 3.72. The molecule has 0 bridgehead atoms. The topological polar surface area (TPSA) is 36.7 Å². The number of furan rings is 1. The van der Waals surface area contributed by atoms with E-state index < -0.39 is 0 Å². The van der Waals surface area contributed by atoms with Gasteiger partial charge in [-0.05, 0) is 30.3 Å². The molecule has 1 aliphatic rings. The molecule has 4 nitrogen and oxygen atoms in total. The van der Waals surface area contributed by atoms with Crippen molar-refractivity contribution in [2.75, 3.05) is 31.1 Å². The van der Waals surface area contributed by atoms with Crippen LogP contribution in [0.15, 0.2) is 53.2 Å². The lowest BCUT2D eigenvalue weighted by Gasteiger charge is -2.35. The molecule has 1 amide bonds. The summed E-state index contributed by atoms with van der Waals surface area (Å²) in [5, 5.41) is 0. The smallest absolute Gasteiger partial charge is 0.246 e. The van der Waals surface area contributed by atoms with E-state index in [9.17, 15) is 9.18 Å². The Morgan fingerprint density at radius 1 is 1.09 bits per heavy atom. The van der Waals surface area contributed by atoms with Gasteiger partial charge in [-0.2, -0.15) is 0 Å². The zero-order valence-corrected chi connectivity index (χ0v) is 12.1. The van der Waals surface area contributed by atoms with Gasteiger partial charge in [0, 0.05) is 32.3 Å². The van der Waals surface area contributed by atoms with Crippen LogP contribution in [0.3, 0.4) is 0 Å². The average Bonchev–Trinajstić information content (AvgIpc) is 3.07. The highest BCUT2D eigenvalue weighted by molar-refractivity contribution is 5.91. The molecule has 1 aromatic heterocycles. The van der Waals surface area contributed by atoms with E-state index >= 15 is 0 Å². The van der Waals surface area contributed by atoms with Gasteiger partial charge in [0.2, 0.25) is 5.91 Å². The van der Waals surface area contributed by atoms with Crippen LogP contribution in [0.25, 0.3) is 6.08 Å². The lowest BCUT2D eigenvalue weighted by molar-refractivity contribution is -0.126. The Balaban J connectivity index is 1.57. The van der Waals surface area contributed by atoms with Crippen LogP contribution in [0.5, 0.6) is 0 Å². The number of piperazine rings is 1. The van der Waals surface area contributed by atoms with E-state index in [1.165, 1.54) is 12.1 Å². The third kappa shape index (κ3) is 3.19. The van der Waals surface area contributed by atoms with E-state index in [-0.39, 0.29) is 11.7 Å². The first kappa shape index (κ1) is 14.4. The first-order valence-electron chi connectivity index (χ1n) is 7.24. The van der Waals surface area contributed by atoms with E-state index in [4.69, 9.17) is 4.42 Å². The van der Waals surface area contributed by atoms with Gasteiger partial charge < -0.3 is 14.2 Å². The predicted octanol–water partition coefficient (Wildman–Crippen LogP) is 2.78. The molecule has 1 aliphatic heterocycles. The zero-order chi connectivity index (χ0) is 15.4. The summed E-state index contributed by atoms with van der Waals surface area (Å²) < 4.78 is 18.9. The molecule has 0 N–H and O–H groups in total. The average molecular weight is 300 g/mol. The van der Waals surface area contributed by atoms with Crippen molar-refractivity contribution >= 4 is 17.7 Å². The van der Waals surface area contributed by atoms with Crippen molar-refractivity contribution in [1.82, 2.24) is 4.90 Å². The van der Waals surface area contributed by atoms with Gasteiger partial charge in [0.05, 0.1) is 12.0 Å². The monoisotopic (exact) mass is 300 g/mol. The molecule has 3 rings (SSSR count). The Kier molecular flexibility index (Phi) is 4.23. The molecule has 22 heavy (non-hydrogen) atoms. The fourth-order valence-corrected chi connectivity index (χ4v) is 2.52. The van der Waals surface area contributed by atoms with E-state index in [0.29, 0.717) is 37.6 Å². The number of rotatable bonds is 3. The molecule has 0 atom stereocenters. The van der Waals surface area contributed by atoms with Gasteiger partial charge in [0.25, 0.3) is 0 Å². The number of hydrogen-bond donors (Lipinski definition) is 0. The van der Waals surface area contributed by atoms with Crippen LogP contribution in [0, 0.1) is 5.82 Å². The SMILES string of the molecule is O=C(/C=C/c1ccco1)N1CCN(c2ccccc2F)CC1. The Morgan fingerprint density at radius 2 is 1.86 bits per heavy atom. The Labute approximate surface area is 128 Å². The van der Waals surface area contributed by atoms with Gasteiger partial charge in [0.15, 0.2) is 0 Å². The van der Waals surface area contributed by atoms with Crippen LogP contribution in [0.4, 0.5) is 10.1 Å². The van der Waals surface area contributed by atoms with Crippen molar-refractivity contribution in [3.63, 3.8) is 0 Å². The summed E-state index contributed by atoms with van der Waals surface area (Å²) in [6.07, 6.45) is 4.74. The zero-order valence-electron chi connectivity index (χ0n) is 12.1. The van der Waals surface area contributed by atoms with Gasteiger partial charge in [-0.25, -0.2) is 4.39 Å². The van der Waals surface area contributed by atoms with Gasteiger partial charge in [0.1, 0.15) is 11.6 Å². The molecule has 0 aliphatic carbocycles. The minimum absolute atomic E-state index is 0.0513. The minimum Gasteiger partial charge on any atom is -0.465 e. The van der Waals surface area contributed by atoms with Gasteiger partial charge in [-0.3, -0.25) is 4.79 Å². The summed E-state index contributed by atoms with van der Waals surface area (Å²) in [5.74, 6) is 0.378. The minimum atomic E-state index is -0.222. The Bertz CT molecular complexity index is 659. The lowest BCUT2D eigenvalue weighted by Crippen LogP contribution is -2.48. The molecule has 2 heterocycles. The number of amides is 1. The second kappa shape index (κ2) is 6.47. The Morgan fingerprint density at radius 3 is 2.55 bits per heavy atom. The van der Waals surface area contributed by atoms with Crippen molar-refractivity contribution in [1.29, 1.82) is 0 Å². The van der Waals surface area contributed by atoms with Crippen LogP contribution < -0.4 is 4.90 Å². The first-order chi connectivity index (χ1) is 10.7.